The van der Waals surface area contributed by atoms with Crippen LogP contribution < -0.4 is 5.32 Å². The number of ether oxygens (including phenoxy) is 1. The Hall–Kier alpha value is -2.62. The molecule has 0 unspecified atom stereocenters. The minimum Gasteiger partial charge on any atom is -0.459 e. The summed E-state index contributed by atoms with van der Waals surface area (Å²) in [6.45, 7) is 8.80. The van der Waals surface area contributed by atoms with Crippen LogP contribution in [0.4, 0.5) is 5.69 Å². The molecule has 4 heteroatoms. The molecule has 154 valence electrons. The molecule has 1 saturated carbocycles. The zero-order valence-electron chi connectivity index (χ0n) is 17.8. The lowest BCUT2D eigenvalue weighted by Crippen LogP contribution is -2.30. The van der Waals surface area contributed by atoms with Gasteiger partial charge in [-0.25, -0.2) is 4.79 Å². The maximum Gasteiger partial charge on any atom is 0.340 e. The molecule has 0 radical (unpaired) electrons. The Bertz CT molecular complexity index is 856. The number of amides is 1. The molecule has 2 aromatic carbocycles. The molecule has 1 aliphatic rings. The third-order valence-corrected chi connectivity index (χ3v) is 5.88. The van der Waals surface area contributed by atoms with Gasteiger partial charge in [-0.2, -0.15) is 0 Å². The van der Waals surface area contributed by atoms with Crippen LogP contribution in [-0.2, 0) is 4.74 Å². The van der Waals surface area contributed by atoms with Crippen molar-refractivity contribution >= 4 is 17.6 Å². The van der Waals surface area contributed by atoms with Crippen molar-refractivity contribution in [2.45, 2.75) is 59.5 Å². The van der Waals surface area contributed by atoms with E-state index in [1.165, 1.54) is 0 Å². The maximum atomic E-state index is 12.8. The van der Waals surface area contributed by atoms with Gasteiger partial charge in [-0.05, 0) is 68.2 Å². The molecule has 1 N–H and O–H groups in total. The molecule has 0 atom stereocenters. The Morgan fingerprint density at radius 2 is 1.55 bits per heavy atom. The summed E-state index contributed by atoms with van der Waals surface area (Å²) in [4.78, 5) is 25.4. The molecule has 0 saturated heterocycles. The van der Waals surface area contributed by atoms with Crippen LogP contribution in [0, 0.1) is 18.3 Å². The SMILES string of the molecule is Cc1ccc(C(=O)Nc2ccccc2C(=O)OC2CCC(C(C)(C)C)CC2)cc1. The number of benzene rings is 2. The van der Waals surface area contributed by atoms with E-state index >= 15 is 0 Å². The van der Waals surface area contributed by atoms with Gasteiger partial charge >= 0.3 is 5.97 Å². The molecule has 1 amide bonds. The second-order valence-electron chi connectivity index (χ2n) is 9.11. The minimum atomic E-state index is -0.371. The number of esters is 1. The number of hydrogen-bond donors (Lipinski definition) is 1. The third-order valence-electron chi connectivity index (χ3n) is 5.88. The lowest BCUT2D eigenvalue weighted by atomic mass is 9.72. The number of rotatable bonds is 4. The standard InChI is InChI=1S/C25H31NO3/c1-17-9-11-18(12-10-17)23(27)26-22-8-6-5-7-21(22)24(28)29-20-15-13-19(14-16-20)25(2,3)4/h5-12,19-20H,13-16H2,1-4H3,(H,26,27). The fourth-order valence-electron chi connectivity index (χ4n) is 3.93. The van der Waals surface area contributed by atoms with Crippen LogP contribution in [0.3, 0.4) is 0 Å². The van der Waals surface area contributed by atoms with Crippen LogP contribution in [0.1, 0.15) is 72.7 Å². The van der Waals surface area contributed by atoms with E-state index in [1.807, 2.05) is 19.1 Å². The van der Waals surface area contributed by atoms with Crippen molar-refractivity contribution in [1.82, 2.24) is 0 Å². The van der Waals surface area contributed by atoms with Crippen LogP contribution in [0.15, 0.2) is 48.5 Å². The maximum absolute atomic E-state index is 12.8. The first-order chi connectivity index (χ1) is 13.7. The molecule has 3 rings (SSSR count). The highest BCUT2D eigenvalue weighted by molar-refractivity contribution is 6.08. The number of nitrogens with one attached hydrogen (secondary N) is 1. The summed E-state index contributed by atoms with van der Waals surface area (Å²) < 4.78 is 5.79. The predicted octanol–water partition coefficient (Wildman–Crippen LogP) is 6.01. The van der Waals surface area contributed by atoms with Crippen molar-refractivity contribution in [2.75, 3.05) is 5.32 Å². The van der Waals surface area contributed by atoms with Crippen LogP contribution in [0.5, 0.6) is 0 Å². The van der Waals surface area contributed by atoms with Gasteiger partial charge in [0.05, 0.1) is 11.3 Å². The quantitative estimate of drug-likeness (QED) is 0.647. The van der Waals surface area contributed by atoms with E-state index in [1.54, 1.807) is 36.4 Å². The Labute approximate surface area is 173 Å². The molecule has 1 aliphatic carbocycles. The molecule has 0 aromatic heterocycles. The number of para-hydroxylation sites is 1. The van der Waals surface area contributed by atoms with Gasteiger partial charge in [0, 0.05) is 5.56 Å². The Morgan fingerprint density at radius 1 is 0.931 bits per heavy atom. The summed E-state index contributed by atoms with van der Waals surface area (Å²) in [6, 6.07) is 14.4. The molecule has 0 spiro atoms. The minimum absolute atomic E-state index is 0.0537. The summed E-state index contributed by atoms with van der Waals surface area (Å²) in [6.07, 6.45) is 3.89. The normalized spacial score (nSPS) is 19.4. The average Bonchev–Trinajstić information content (AvgIpc) is 2.68. The van der Waals surface area contributed by atoms with E-state index in [2.05, 4.69) is 26.1 Å². The summed E-state index contributed by atoms with van der Waals surface area (Å²) in [5.41, 5.74) is 2.81. The van der Waals surface area contributed by atoms with Crippen molar-refractivity contribution in [3.8, 4) is 0 Å². The second kappa shape index (κ2) is 8.81. The number of carbonyl (C=O) groups is 2. The number of hydrogen-bond acceptors (Lipinski definition) is 3. The van der Waals surface area contributed by atoms with E-state index in [-0.39, 0.29) is 18.0 Å². The van der Waals surface area contributed by atoms with Crippen molar-refractivity contribution in [1.29, 1.82) is 0 Å². The second-order valence-corrected chi connectivity index (χ2v) is 9.11. The first-order valence-electron chi connectivity index (χ1n) is 10.4. The summed E-state index contributed by atoms with van der Waals surface area (Å²) in [7, 11) is 0. The monoisotopic (exact) mass is 393 g/mol. The molecule has 2 aromatic rings. The van der Waals surface area contributed by atoms with Gasteiger partial charge in [0.2, 0.25) is 0 Å². The smallest absolute Gasteiger partial charge is 0.340 e. The van der Waals surface area contributed by atoms with E-state index < -0.39 is 0 Å². The summed E-state index contributed by atoms with van der Waals surface area (Å²) in [5, 5.41) is 2.85. The Kier molecular flexibility index (Phi) is 6.41. The van der Waals surface area contributed by atoms with Gasteiger partial charge in [0.1, 0.15) is 6.10 Å². The molecule has 4 nitrogen and oxygen atoms in total. The summed E-state index contributed by atoms with van der Waals surface area (Å²) in [5.74, 6) is 0.0542. The lowest BCUT2D eigenvalue weighted by Gasteiger charge is -2.36. The average molecular weight is 394 g/mol. The van der Waals surface area contributed by atoms with E-state index in [0.29, 0.717) is 28.1 Å². The van der Waals surface area contributed by atoms with Gasteiger partial charge in [0.25, 0.3) is 5.91 Å². The van der Waals surface area contributed by atoms with Crippen LogP contribution >= 0.6 is 0 Å². The van der Waals surface area contributed by atoms with Gasteiger partial charge < -0.3 is 10.1 Å². The highest BCUT2D eigenvalue weighted by Crippen LogP contribution is 2.38. The predicted molar refractivity (Wildman–Crippen MR) is 116 cm³/mol. The highest BCUT2D eigenvalue weighted by atomic mass is 16.5. The molecule has 0 heterocycles. The van der Waals surface area contributed by atoms with Crippen molar-refractivity contribution < 1.29 is 14.3 Å². The van der Waals surface area contributed by atoms with E-state index in [9.17, 15) is 9.59 Å². The number of anilines is 1. The largest absolute Gasteiger partial charge is 0.459 e. The van der Waals surface area contributed by atoms with Crippen LogP contribution in [0.25, 0.3) is 0 Å². The molecule has 0 aliphatic heterocycles. The first-order valence-corrected chi connectivity index (χ1v) is 10.4. The van der Waals surface area contributed by atoms with E-state index in [4.69, 9.17) is 4.74 Å². The fourth-order valence-corrected chi connectivity index (χ4v) is 3.93. The molecule has 29 heavy (non-hydrogen) atoms. The first kappa shape index (κ1) is 21.1. The van der Waals surface area contributed by atoms with Crippen LogP contribution in [-0.4, -0.2) is 18.0 Å². The van der Waals surface area contributed by atoms with E-state index in [0.717, 1.165) is 31.2 Å². The molecular formula is C25H31NO3. The van der Waals surface area contributed by atoms with Gasteiger partial charge in [-0.15, -0.1) is 0 Å². The van der Waals surface area contributed by atoms with Gasteiger partial charge in [-0.1, -0.05) is 50.6 Å². The fraction of sp³-hybridized carbons (Fsp3) is 0.440. The van der Waals surface area contributed by atoms with Crippen molar-refractivity contribution in [3.05, 3.63) is 65.2 Å². The summed E-state index contributed by atoms with van der Waals surface area (Å²) >= 11 is 0. The van der Waals surface area contributed by atoms with Gasteiger partial charge in [0.15, 0.2) is 0 Å². The highest BCUT2D eigenvalue weighted by Gasteiger charge is 2.31. The number of carbonyl (C=O) groups excluding carboxylic acids is 2. The van der Waals surface area contributed by atoms with Gasteiger partial charge in [-0.3, -0.25) is 4.79 Å². The van der Waals surface area contributed by atoms with Crippen molar-refractivity contribution in [3.63, 3.8) is 0 Å². The van der Waals surface area contributed by atoms with Crippen molar-refractivity contribution in [2.24, 2.45) is 11.3 Å². The Morgan fingerprint density at radius 3 is 2.17 bits per heavy atom. The molecule has 1 fully saturated rings. The molecule has 0 bridgehead atoms. The zero-order chi connectivity index (χ0) is 21.0. The Balaban J connectivity index is 1.65. The third kappa shape index (κ3) is 5.47. The zero-order valence-corrected chi connectivity index (χ0v) is 17.8. The number of aryl methyl sites for hydroxylation is 1. The molecular weight excluding hydrogens is 362 g/mol. The topological polar surface area (TPSA) is 55.4 Å². The lowest BCUT2D eigenvalue weighted by molar-refractivity contribution is 0.00940. The van der Waals surface area contributed by atoms with Crippen LogP contribution in [0.2, 0.25) is 0 Å².